The number of hydrogen-bond acceptors (Lipinski definition) is 3. The van der Waals surface area contributed by atoms with E-state index in [2.05, 4.69) is 15.5 Å². The molecule has 0 radical (unpaired) electrons. The first kappa shape index (κ1) is 15.5. The van der Waals surface area contributed by atoms with E-state index in [0.717, 1.165) is 31.6 Å². The highest BCUT2D eigenvalue weighted by atomic mass is 16.2. The molecule has 1 aromatic rings. The molecule has 114 valence electrons. The first-order valence-electron chi connectivity index (χ1n) is 7.39. The number of aryl methyl sites for hydroxylation is 1. The van der Waals surface area contributed by atoms with Crippen LogP contribution in [0.25, 0.3) is 0 Å². The molecule has 0 aliphatic carbocycles. The van der Waals surface area contributed by atoms with Crippen molar-refractivity contribution in [1.29, 1.82) is 0 Å². The maximum atomic E-state index is 12.0. The van der Waals surface area contributed by atoms with Crippen molar-refractivity contribution in [2.45, 2.75) is 32.7 Å². The lowest BCUT2D eigenvalue weighted by Crippen LogP contribution is -2.46. The second-order valence-corrected chi connectivity index (χ2v) is 5.67. The lowest BCUT2D eigenvalue weighted by atomic mass is 10.1. The highest BCUT2D eigenvalue weighted by Gasteiger charge is 2.21. The van der Waals surface area contributed by atoms with E-state index in [4.69, 9.17) is 0 Å². The molecule has 0 atom stereocenters. The van der Waals surface area contributed by atoms with Crippen molar-refractivity contribution in [2.24, 2.45) is 0 Å². The summed E-state index contributed by atoms with van der Waals surface area (Å²) in [5.74, 6) is 0.0300. The van der Waals surface area contributed by atoms with Gasteiger partial charge in [0.25, 0.3) is 0 Å². The van der Waals surface area contributed by atoms with Crippen LogP contribution in [0.2, 0.25) is 0 Å². The van der Waals surface area contributed by atoms with E-state index in [1.54, 1.807) is 6.92 Å². The summed E-state index contributed by atoms with van der Waals surface area (Å²) < 4.78 is 0. The number of carbonyl (C=O) groups excluding carboxylic acids is 2. The lowest BCUT2D eigenvalue weighted by molar-refractivity contribution is -0.121. The summed E-state index contributed by atoms with van der Waals surface area (Å²) in [5, 5.41) is 5.84. The normalized spacial score (nSPS) is 16.5. The molecule has 2 rings (SSSR count). The molecule has 1 saturated heterocycles. The van der Waals surface area contributed by atoms with Crippen LogP contribution >= 0.6 is 0 Å². The third kappa shape index (κ3) is 5.19. The van der Waals surface area contributed by atoms with Crippen molar-refractivity contribution in [3.63, 3.8) is 0 Å². The van der Waals surface area contributed by atoms with E-state index in [0.29, 0.717) is 6.54 Å². The van der Waals surface area contributed by atoms with E-state index in [1.807, 2.05) is 31.2 Å². The number of benzene rings is 1. The molecule has 0 spiro atoms. The van der Waals surface area contributed by atoms with Gasteiger partial charge in [-0.05, 0) is 31.9 Å². The fourth-order valence-corrected chi connectivity index (χ4v) is 2.56. The summed E-state index contributed by atoms with van der Waals surface area (Å²) in [6.45, 7) is 5.64. The fraction of sp³-hybridized carbons (Fsp3) is 0.500. The van der Waals surface area contributed by atoms with Crippen molar-refractivity contribution in [3.05, 3.63) is 29.8 Å². The van der Waals surface area contributed by atoms with Crippen molar-refractivity contribution in [1.82, 2.24) is 10.2 Å². The number of anilines is 1. The van der Waals surface area contributed by atoms with Crippen LogP contribution in [0.1, 0.15) is 25.3 Å². The van der Waals surface area contributed by atoms with E-state index >= 15 is 0 Å². The molecule has 2 amide bonds. The second-order valence-electron chi connectivity index (χ2n) is 5.67. The van der Waals surface area contributed by atoms with Gasteiger partial charge in [-0.15, -0.1) is 0 Å². The number of amides is 2. The van der Waals surface area contributed by atoms with Crippen LogP contribution in [-0.4, -0.2) is 42.4 Å². The molecular weight excluding hydrogens is 266 g/mol. The number of likely N-dealkylation sites (tertiary alicyclic amines) is 1. The fourth-order valence-electron chi connectivity index (χ4n) is 2.56. The zero-order chi connectivity index (χ0) is 15.2. The molecule has 1 aromatic carbocycles. The van der Waals surface area contributed by atoms with Gasteiger partial charge in [0.2, 0.25) is 11.8 Å². The Morgan fingerprint density at radius 2 is 1.81 bits per heavy atom. The van der Waals surface area contributed by atoms with E-state index in [1.165, 1.54) is 5.56 Å². The number of nitrogens with one attached hydrogen (secondary N) is 2. The predicted octanol–water partition coefficient (Wildman–Crippen LogP) is 1.53. The van der Waals surface area contributed by atoms with Gasteiger partial charge in [0.15, 0.2) is 0 Å². The Balaban J connectivity index is 1.74. The Labute approximate surface area is 125 Å². The Hall–Kier alpha value is -1.88. The van der Waals surface area contributed by atoms with Crippen LogP contribution in [0.4, 0.5) is 5.69 Å². The smallest absolute Gasteiger partial charge is 0.238 e. The summed E-state index contributed by atoms with van der Waals surface area (Å²) in [7, 11) is 0. The molecule has 1 heterocycles. The zero-order valence-corrected chi connectivity index (χ0v) is 12.7. The van der Waals surface area contributed by atoms with Gasteiger partial charge in [0.05, 0.1) is 6.54 Å². The quantitative estimate of drug-likeness (QED) is 0.884. The van der Waals surface area contributed by atoms with Crippen molar-refractivity contribution in [2.75, 3.05) is 25.0 Å². The summed E-state index contributed by atoms with van der Waals surface area (Å²) in [4.78, 5) is 25.1. The second kappa shape index (κ2) is 7.22. The van der Waals surface area contributed by atoms with Crippen LogP contribution < -0.4 is 10.6 Å². The van der Waals surface area contributed by atoms with Crippen molar-refractivity contribution < 1.29 is 9.59 Å². The van der Waals surface area contributed by atoms with Crippen molar-refractivity contribution in [3.8, 4) is 0 Å². The third-order valence-corrected chi connectivity index (χ3v) is 3.70. The zero-order valence-electron chi connectivity index (χ0n) is 12.7. The number of nitrogens with zero attached hydrogens (tertiary/aromatic N) is 1. The Bertz CT molecular complexity index is 491. The minimum Gasteiger partial charge on any atom is -0.354 e. The molecule has 1 aliphatic rings. The van der Waals surface area contributed by atoms with Crippen LogP contribution in [-0.2, 0) is 9.59 Å². The molecule has 0 saturated carbocycles. The first-order chi connectivity index (χ1) is 10.0. The summed E-state index contributed by atoms with van der Waals surface area (Å²) >= 11 is 0. The monoisotopic (exact) mass is 289 g/mol. The van der Waals surface area contributed by atoms with Gasteiger partial charge in [-0.3, -0.25) is 14.5 Å². The molecule has 21 heavy (non-hydrogen) atoms. The highest BCUT2D eigenvalue weighted by molar-refractivity contribution is 5.92. The van der Waals surface area contributed by atoms with Gasteiger partial charge >= 0.3 is 0 Å². The molecule has 1 aliphatic heterocycles. The molecule has 2 N–H and O–H groups in total. The van der Waals surface area contributed by atoms with Crippen LogP contribution in [0.15, 0.2) is 24.3 Å². The van der Waals surface area contributed by atoms with Crippen LogP contribution in [0.3, 0.4) is 0 Å². The summed E-state index contributed by atoms with van der Waals surface area (Å²) in [6, 6.07) is 8.04. The molecule has 5 nitrogen and oxygen atoms in total. The molecule has 1 fully saturated rings. The Morgan fingerprint density at radius 1 is 1.19 bits per heavy atom. The van der Waals surface area contributed by atoms with Crippen LogP contribution in [0, 0.1) is 6.92 Å². The maximum absolute atomic E-state index is 12.0. The first-order valence-corrected chi connectivity index (χ1v) is 7.39. The lowest BCUT2D eigenvalue weighted by Gasteiger charge is -2.31. The largest absolute Gasteiger partial charge is 0.354 e. The highest BCUT2D eigenvalue weighted by Crippen LogP contribution is 2.11. The topological polar surface area (TPSA) is 61.4 Å². The average Bonchev–Trinajstić information content (AvgIpc) is 2.43. The Morgan fingerprint density at radius 3 is 2.38 bits per heavy atom. The van der Waals surface area contributed by atoms with Crippen LogP contribution in [0.5, 0.6) is 0 Å². The van der Waals surface area contributed by atoms with Gasteiger partial charge < -0.3 is 10.6 Å². The van der Waals surface area contributed by atoms with Gasteiger partial charge in [-0.1, -0.05) is 17.7 Å². The minimum absolute atomic E-state index is 0.0110. The van der Waals surface area contributed by atoms with E-state index < -0.39 is 0 Å². The van der Waals surface area contributed by atoms with E-state index in [9.17, 15) is 9.59 Å². The SMILES string of the molecule is CC(=O)NC1CCN(CC(=O)Nc2ccc(C)cc2)CC1. The molecule has 0 bridgehead atoms. The van der Waals surface area contributed by atoms with Gasteiger partial charge in [-0.2, -0.15) is 0 Å². The molecular formula is C16H23N3O2. The number of rotatable bonds is 4. The summed E-state index contributed by atoms with van der Waals surface area (Å²) in [5.41, 5.74) is 2.01. The van der Waals surface area contributed by atoms with E-state index in [-0.39, 0.29) is 17.9 Å². The molecule has 5 heteroatoms. The third-order valence-electron chi connectivity index (χ3n) is 3.70. The van der Waals surface area contributed by atoms with Crippen molar-refractivity contribution >= 4 is 17.5 Å². The standard InChI is InChI=1S/C16H23N3O2/c1-12-3-5-14(6-4-12)18-16(21)11-19-9-7-15(8-10-19)17-13(2)20/h3-6,15H,7-11H2,1-2H3,(H,17,20)(H,18,21). The number of piperidine rings is 1. The summed E-state index contributed by atoms with van der Waals surface area (Å²) in [6.07, 6.45) is 1.80. The van der Waals surface area contributed by atoms with Gasteiger partial charge in [0.1, 0.15) is 0 Å². The van der Waals surface area contributed by atoms with Gasteiger partial charge in [-0.25, -0.2) is 0 Å². The predicted molar refractivity (Wildman–Crippen MR) is 83.1 cm³/mol. The van der Waals surface area contributed by atoms with Gasteiger partial charge in [0, 0.05) is 31.7 Å². The molecule has 0 unspecified atom stereocenters. The minimum atomic E-state index is 0.0110. The molecule has 0 aromatic heterocycles. The Kier molecular flexibility index (Phi) is 5.33. The average molecular weight is 289 g/mol. The maximum Gasteiger partial charge on any atom is 0.238 e. The number of hydrogen-bond donors (Lipinski definition) is 2. The number of carbonyl (C=O) groups is 2.